The summed E-state index contributed by atoms with van der Waals surface area (Å²) in [6.07, 6.45) is 0. The van der Waals surface area contributed by atoms with E-state index >= 15 is 0 Å². The van der Waals surface area contributed by atoms with Gasteiger partial charge in [-0.3, -0.25) is 0 Å². The maximum absolute atomic E-state index is 6.42. The highest BCUT2D eigenvalue weighted by molar-refractivity contribution is 6.06. The van der Waals surface area contributed by atoms with E-state index in [2.05, 4.69) is 325 Å². The predicted octanol–water partition coefficient (Wildman–Crippen LogP) is 23.8. The number of hydrogen-bond acceptors (Lipinski definition) is 4. The van der Waals surface area contributed by atoms with E-state index in [0.717, 1.165) is 79.0 Å². The number of para-hydroxylation sites is 2. The number of rotatable bonds is 15. The van der Waals surface area contributed by atoms with Crippen molar-refractivity contribution in [2.24, 2.45) is 0 Å². The van der Waals surface area contributed by atoms with Crippen LogP contribution in [0, 0.1) is 0 Å². The Morgan fingerprint density at radius 1 is 0.202 bits per heavy atom. The SMILES string of the molecule is c1ccc(Oc2ccc(N(c3ccc(-c4cccc5c(N(c6ccc(Oc7ccccc7)cc6)c6ccc7c(c6)C(c6ccccc6)(c6ccccc6)c6ccccc6-7)cccc45)cc3)c3ccc4c(c3)C(c3ccccc3)(c3ccccc3)c3ccccc3-4)cc2)cc1. The molecule has 0 atom stereocenters. The van der Waals surface area contributed by atoms with Gasteiger partial charge in [0.1, 0.15) is 23.0 Å². The highest BCUT2D eigenvalue weighted by Crippen LogP contribution is 2.59. The Morgan fingerprint density at radius 2 is 0.521 bits per heavy atom. The predicted molar refractivity (Wildman–Crippen MR) is 386 cm³/mol. The van der Waals surface area contributed by atoms with Crippen molar-refractivity contribution >= 4 is 44.9 Å². The molecule has 4 nitrogen and oxygen atoms in total. The summed E-state index contributed by atoms with van der Waals surface area (Å²) in [6.45, 7) is 0. The topological polar surface area (TPSA) is 24.9 Å². The third-order valence-corrected chi connectivity index (χ3v) is 19.1. The van der Waals surface area contributed by atoms with Gasteiger partial charge in [0.25, 0.3) is 0 Å². The van der Waals surface area contributed by atoms with Crippen LogP contribution < -0.4 is 19.3 Å². The fourth-order valence-corrected chi connectivity index (χ4v) is 15.1. The molecule has 0 radical (unpaired) electrons. The molecular formula is C90H62N2O2. The van der Waals surface area contributed by atoms with Crippen LogP contribution in [0.25, 0.3) is 44.2 Å². The minimum atomic E-state index is -0.585. The summed E-state index contributed by atoms with van der Waals surface area (Å²) in [5, 5.41) is 2.26. The zero-order chi connectivity index (χ0) is 62.4. The third-order valence-electron chi connectivity index (χ3n) is 19.1. The van der Waals surface area contributed by atoms with Crippen LogP contribution in [-0.4, -0.2) is 0 Å². The number of ether oxygens (including phenoxy) is 2. The van der Waals surface area contributed by atoms with E-state index in [1.807, 2.05) is 60.7 Å². The number of benzene rings is 15. The summed E-state index contributed by atoms with van der Waals surface area (Å²) in [5.74, 6) is 3.10. The summed E-state index contributed by atoms with van der Waals surface area (Å²) in [4.78, 5) is 4.81. The van der Waals surface area contributed by atoms with E-state index in [4.69, 9.17) is 9.47 Å². The van der Waals surface area contributed by atoms with Gasteiger partial charge in [-0.2, -0.15) is 0 Å². The summed E-state index contributed by atoms with van der Waals surface area (Å²) in [5.41, 5.74) is 22.1. The average molecular weight is 1200 g/mol. The first-order valence-corrected chi connectivity index (χ1v) is 32.2. The van der Waals surface area contributed by atoms with Crippen LogP contribution in [-0.2, 0) is 10.8 Å². The molecule has 94 heavy (non-hydrogen) atoms. The lowest BCUT2D eigenvalue weighted by Crippen LogP contribution is -2.28. The van der Waals surface area contributed by atoms with Gasteiger partial charge in [-0.1, -0.05) is 261 Å². The van der Waals surface area contributed by atoms with Crippen LogP contribution in [0.3, 0.4) is 0 Å². The maximum Gasteiger partial charge on any atom is 0.127 e. The van der Waals surface area contributed by atoms with Crippen molar-refractivity contribution < 1.29 is 9.47 Å². The van der Waals surface area contributed by atoms with Gasteiger partial charge in [-0.25, -0.2) is 0 Å². The minimum absolute atomic E-state index is 0.572. The van der Waals surface area contributed by atoms with E-state index in [1.54, 1.807) is 0 Å². The maximum atomic E-state index is 6.42. The van der Waals surface area contributed by atoms with Crippen LogP contribution in [0.1, 0.15) is 44.5 Å². The molecule has 0 saturated heterocycles. The smallest absolute Gasteiger partial charge is 0.127 e. The van der Waals surface area contributed by atoms with E-state index in [9.17, 15) is 0 Å². The number of anilines is 6. The van der Waals surface area contributed by atoms with Crippen molar-refractivity contribution in [3.05, 3.63) is 421 Å². The Kier molecular flexibility index (Phi) is 14.0. The molecule has 4 heteroatoms. The van der Waals surface area contributed by atoms with Gasteiger partial charge >= 0.3 is 0 Å². The molecule has 0 bridgehead atoms. The van der Waals surface area contributed by atoms with Crippen molar-refractivity contribution in [2.75, 3.05) is 9.80 Å². The normalized spacial score (nSPS) is 12.9. The van der Waals surface area contributed by atoms with Gasteiger partial charge in [-0.05, 0) is 199 Å². The van der Waals surface area contributed by atoms with Gasteiger partial charge in [0.2, 0.25) is 0 Å². The third kappa shape index (κ3) is 9.37. The lowest BCUT2D eigenvalue weighted by Gasteiger charge is -2.35. The zero-order valence-corrected chi connectivity index (χ0v) is 51.5. The van der Waals surface area contributed by atoms with E-state index in [-0.39, 0.29) is 0 Å². The van der Waals surface area contributed by atoms with Crippen LogP contribution in [0.5, 0.6) is 23.0 Å². The summed E-state index contributed by atoms with van der Waals surface area (Å²) >= 11 is 0. The lowest BCUT2D eigenvalue weighted by molar-refractivity contribution is 0.482. The Hall–Kier alpha value is -12.2. The highest BCUT2D eigenvalue weighted by atomic mass is 16.5. The van der Waals surface area contributed by atoms with E-state index in [1.165, 1.54) is 66.8 Å². The summed E-state index contributed by atoms with van der Waals surface area (Å²) in [6, 6.07) is 136. The van der Waals surface area contributed by atoms with Gasteiger partial charge in [-0.15, -0.1) is 0 Å². The molecule has 0 amide bonds. The largest absolute Gasteiger partial charge is 0.457 e. The molecular weight excluding hydrogens is 1140 g/mol. The fraction of sp³-hybridized carbons (Fsp3) is 0.0222. The van der Waals surface area contributed by atoms with Crippen LogP contribution in [0.4, 0.5) is 34.1 Å². The molecule has 15 aromatic rings. The first kappa shape index (κ1) is 55.8. The molecule has 17 rings (SSSR count). The van der Waals surface area contributed by atoms with Crippen molar-refractivity contribution in [1.82, 2.24) is 0 Å². The first-order chi connectivity index (χ1) is 46.6. The molecule has 0 saturated carbocycles. The van der Waals surface area contributed by atoms with Crippen molar-refractivity contribution in [2.45, 2.75) is 10.8 Å². The first-order valence-electron chi connectivity index (χ1n) is 32.2. The van der Waals surface area contributed by atoms with Gasteiger partial charge in [0.15, 0.2) is 0 Å². The van der Waals surface area contributed by atoms with Crippen LogP contribution in [0.15, 0.2) is 376 Å². The van der Waals surface area contributed by atoms with Gasteiger partial charge in [0, 0.05) is 33.8 Å². The van der Waals surface area contributed by atoms with Gasteiger partial charge in [0.05, 0.1) is 16.5 Å². The lowest BCUT2D eigenvalue weighted by atomic mass is 9.67. The number of fused-ring (bicyclic) bond motifs is 7. The Balaban J connectivity index is 0.804. The number of hydrogen-bond donors (Lipinski definition) is 0. The molecule has 0 heterocycles. The van der Waals surface area contributed by atoms with Crippen molar-refractivity contribution in [3.8, 4) is 56.4 Å². The second-order valence-corrected chi connectivity index (χ2v) is 24.2. The average Bonchev–Trinajstić information content (AvgIpc) is 1.53. The Labute approximate surface area is 548 Å². The monoisotopic (exact) mass is 1200 g/mol. The molecule has 0 fully saturated rings. The van der Waals surface area contributed by atoms with E-state index in [0.29, 0.717) is 0 Å². The second-order valence-electron chi connectivity index (χ2n) is 24.2. The molecule has 0 spiro atoms. The summed E-state index contributed by atoms with van der Waals surface area (Å²) in [7, 11) is 0. The van der Waals surface area contributed by atoms with Gasteiger partial charge < -0.3 is 19.3 Å². The molecule has 2 aliphatic carbocycles. The second kappa shape index (κ2) is 23.5. The molecule has 0 aromatic heterocycles. The van der Waals surface area contributed by atoms with E-state index < -0.39 is 10.8 Å². The minimum Gasteiger partial charge on any atom is -0.457 e. The fourth-order valence-electron chi connectivity index (χ4n) is 15.1. The quantitative estimate of drug-likeness (QED) is 0.102. The standard InChI is InChI=1S/C90H62N2O2/c1-7-25-64(26-8-1)89(65-27-9-2-10-28-65)84-42-21-19-37-79(84)81-59-53-71(61-86(81)89)91(69-49-55-75(56-50-69)93-73-33-15-5-16-34-73)68-47-45-63(46-48-68)77-39-23-41-83-78(77)40-24-44-88(83)92(70-51-57-76(58-52-70)94-74-35-17-6-18-36-74)72-54-60-82-80-38-20-22-43-85(80)90(87(82)62-72,66-29-11-3-12-30-66)67-31-13-4-14-32-67/h1-62H. The Morgan fingerprint density at radius 3 is 0.968 bits per heavy atom. The van der Waals surface area contributed by atoms with Crippen molar-refractivity contribution in [3.63, 3.8) is 0 Å². The summed E-state index contributed by atoms with van der Waals surface area (Å²) < 4.78 is 12.8. The molecule has 0 unspecified atom stereocenters. The molecule has 2 aliphatic rings. The number of nitrogens with zero attached hydrogens (tertiary/aromatic N) is 2. The molecule has 15 aromatic carbocycles. The molecule has 444 valence electrons. The molecule has 0 aliphatic heterocycles. The van der Waals surface area contributed by atoms with Crippen molar-refractivity contribution in [1.29, 1.82) is 0 Å². The zero-order valence-electron chi connectivity index (χ0n) is 51.5. The Bertz CT molecular complexity index is 5140. The molecule has 0 N–H and O–H groups in total. The van der Waals surface area contributed by atoms with Crippen LogP contribution in [0.2, 0.25) is 0 Å². The van der Waals surface area contributed by atoms with Crippen LogP contribution >= 0.6 is 0 Å². The highest BCUT2D eigenvalue weighted by Gasteiger charge is 2.48.